The molecule has 1 rings (SSSR count). The molecule has 0 atom stereocenters. The molecule has 0 aliphatic heterocycles. The first-order valence-corrected chi connectivity index (χ1v) is 3.91. The zero-order valence-electron chi connectivity index (χ0n) is 7.85. The third-order valence-corrected chi connectivity index (χ3v) is 1.72. The summed E-state index contributed by atoms with van der Waals surface area (Å²) in [5, 5.41) is 12.5. The summed E-state index contributed by atoms with van der Waals surface area (Å²) in [6.07, 6.45) is 0. The normalized spacial score (nSPS) is 9.86. The smallest absolute Gasteiger partial charge is 0.339 e. The maximum absolute atomic E-state index is 10.6. The number of nitrogens with zero attached hydrogens (tertiary/aromatic N) is 2. The van der Waals surface area contributed by atoms with Gasteiger partial charge in [-0.1, -0.05) is 0 Å². The maximum Gasteiger partial charge on any atom is 0.339 e. The summed E-state index contributed by atoms with van der Waals surface area (Å²) in [6.45, 7) is 1.72. The molecule has 0 saturated heterocycles. The summed E-state index contributed by atoms with van der Waals surface area (Å²) in [5.74, 6) is -0.312. The Morgan fingerprint density at radius 1 is 1.71 bits per heavy atom. The predicted octanol–water partition coefficient (Wildman–Crippen LogP) is 1.40. The highest BCUT2D eigenvalue weighted by molar-refractivity contribution is 5.88. The summed E-state index contributed by atoms with van der Waals surface area (Å²) in [6, 6.07) is 1.39. The third kappa shape index (κ3) is 2.09. The van der Waals surface area contributed by atoms with E-state index >= 15 is 0 Å². The fraction of sp³-hybridized carbons (Fsp3) is 0.375. The Balaban J connectivity index is 2.86. The van der Waals surface area contributed by atoms with Crippen molar-refractivity contribution < 1.29 is 14.3 Å². The number of furan rings is 1. The molecule has 0 radical (unpaired) electrons. The second-order valence-electron chi connectivity index (χ2n) is 2.89. The monoisotopic (exact) mass is 198 g/mol. The van der Waals surface area contributed by atoms with E-state index in [1.807, 2.05) is 0 Å². The summed E-state index contributed by atoms with van der Waals surface area (Å²) < 4.78 is 5.13. The number of nitroso groups, excluding NO2 is 1. The first-order valence-electron chi connectivity index (χ1n) is 3.91. The summed E-state index contributed by atoms with van der Waals surface area (Å²) in [5.41, 5.74) is 0.110. The van der Waals surface area contributed by atoms with Crippen LogP contribution in [0.5, 0.6) is 0 Å². The molecule has 1 aromatic rings. The quantitative estimate of drug-likeness (QED) is 0.584. The molecule has 0 fully saturated rings. The number of aromatic carboxylic acids is 1. The van der Waals surface area contributed by atoms with Gasteiger partial charge in [0.15, 0.2) is 0 Å². The van der Waals surface area contributed by atoms with Crippen molar-refractivity contribution in [3.63, 3.8) is 0 Å². The molecular weight excluding hydrogens is 188 g/mol. The van der Waals surface area contributed by atoms with Gasteiger partial charge in [0.25, 0.3) is 0 Å². The Kier molecular flexibility index (Phi) is 2.85. The van der Waals surface area contributed by atoms with Crippen LogP contribution in [0.15, 0.2) is 15.8 Å². The number of carboxylic acids is 1. The number of aryl methyl sites for hydroxylation is 1. The van der Waals surface area contributed by atoms with Gasteiger partial charge < -0.3 is 9.52 Å². The van der Waals surface area contributed by atoms with Crippen LogP contribution in [0.3, 0.4) is 0 Å². The third-order valence-electron chi connectivity index (χ3n) is 1.72. The highest BCUT2D eigenvalue weighted by Crippen LogP contribution is 2.15. The summed E-state index contributed by atoms with van der Waals surface area (Å²) in [7, 11) is 1.48. The molecule has 0 aliphatic rings. The first-order chi connectivity index (χ1) is 6.54. The molecule has 0 bridgehead atoms. The van der Waals surface area contributed by atoms with Crippen LogP contribution in [0.4, 0.5) is 0 Å². The minimum absolute atomic E-state index is 0.110. The van der Waals surface area contributed by atoms with E-state index in [2.05, 4.69) is 5.29 Å². The van der Waals surface area contributed by atoms with Gasteiger partial charge in [0.05, 0.1) is 11.8 Å². The van der Waals surface area contributed by atoms with E-state index in [0.717, 1.165) is 5.01 Å². The zero-order chi connectivity index (χ0) is 10.7. The van der Waals surface area contributed by atoms with Crippen molar-refractivity contribution in [1.29, 1.82) is 0 Å². The Labute approximate surface area is 80.1 Å². The van der Waals surface area contributed by atoms with Crippen LogP contribution in [-0.4, -0.2) is 23.1 Å². The van der Waals surface area contributed by atoms with Crippen molar-refractivity contribution in [1.82, 2.24) is 5.01 Å². The van der Waals surface area contributed by atoms with E-state index in [4.69, 9.17) is 9.52 Å². The van der Waals surface area contributed by atoms with Crippen molar-refractivity contribution in [2.45, 2.75) is 13.5 Å². The highest BCUT2D eigenvalue weighted by Gasteiger charge is 2.14. The van der Waals surface area contributed by atoms with Gasteiger partial charge in [-0.15, -0.1) is 4.91 Å². The molecule has 0 aliphatic carbocycles. The molecule has 0 amide bonds. The largest absolute Gasteiger partial charge is 0.478 e. The van der Waals surface area contributed by atoms with Gasteiger partial charge in [-0.2, -0.15) is 0 Å². The number of hydrogen-bond donors (Lipinski definition) is 1. The maximum atomic E-state index is 10.6. The van der Waals surface area contributed by atoms with Crippen molar-refractivity contribution in [3.05, 3.63) is 28.1 Å². The van der Waals surface area contributed by atoms with Crippen LogP contribution >= 0.6 is 0 Å². The van der Waals surface area contributed by atoms with Gasteiger partial charge in [-0.05, 0) is 13.0 Å². The zero-order valence-corrected chi connectivity index (χ0v) is 7.85. The lowest BCUT2D eigenvalue weighted by molar-refractivity contribution is 0.0695. The Hall–Kier alpha value is -1.85. The molecule has 1 aromatic heterocycles. The fourth-order valence-corrected chi connectivity index (χ4v) is 1.09. The van der Waals surface area contributed by atoms with Gasteiger partial charge in [-0.25, -0.2) is 4.79 Å². The topological polar surface area (TPSA) is 83.1 Å². The van der Waals surface area contributed by atoms with Crippen LogP contribution in [0.25, 0.3) is 0 Å². The van der Waals surface area contributed by atoms with Crippen molar-refractivity contribution >= 4 is 5.97 Å². The first kappa shape index (κ1) is 10.2. The van der Waals surface area contributed by atoms with Gasteiger partial charge in [-0.3, -0.25) is 5.01 Å². The Bertz CT molecular complexity index is 358. The average Bonchev–Trinajstić information content (AvgIpc) is 2.46. The second-order valence-corrected chi connectivity index (χ2v) is 2.89. The molecule has 6 heteroatoms. The molecule has 6 nitrogen and oxygen atoms in total. The lowest BCUT2D eigenvalue weighted by Gasteiger charge is -2.03. The van der Waals surface area contributed by atoms with Crippen LogP contribution in [0.1, 0.15) is 21.9 Å². The number of rotatable bonds is 4. The Morgan fingerprint density at radius 3 is 2.79 bits per heavy atom. The number of carbonyl (C=O) groups is 1. The molecular formula is C8H10N2O4. The van der Waals surface area contributed by atoms with E-state index in [9.17, 15) is 9.70 Å². The predicted molar refractivity (Wildman–Crippen MR) is 47.7 cm³/mol. The average molecular weight is 198 g/mol. The minimum Gasteiger partial charge on any atom is -0.478 e. The summed E-state index contributed by atoms with van der Waals surface area (Å²) in [4.78, 5) is 20.7. The van der Waals surface area contributed by atoms with Crippen LogP contribution in [0, 0.1) is 11.8 Å². The van der Waals surface area contributed by atoms with Crippen LogP contribution in [-0.2, 0) is 6.54 Å². The molecule has 0 saturated carbocycles. The van der Waals surface area contributed by atoms with Gasteiger partial charge in [0.1, 0.15) is 17.1 Å². The molecule has 1 heterocycles. The van der Waals surface area contributed by atoms with E-state index in [0.29, 0.717) is 11.5 Å². The van der Waals surface area contributed by atoms with Gasteiger partial charge >= 0.3 is 5.97 Å². The lowest BCUT2D eigenvalue weighted by atomic mass is 10.2. The van der Waals surface area contributed by atoms with E-state index < -0.39 is 5.97 Å². The van der Waals surface area contributed by atoms with Crippen molar-refractivity contribution in [2.75, 3.05) is 7.05 Å². The fourth-order valence-electron chi connectivity index (χ4n) is 1.09. The van der Waals surface area contributed by atoms with Crippen LogP contribution in [0.2, 0.25) is 0 Å². The van der Waals surface area contributed by atoms with Crippen molar-refractivity contribution in [2.24, 2.45) is 5.29 Å². The number of hydrogen-bond acceptors (Lipinski definition) is 4. The van der Waals surface area contributed by atoms with Gasteiger partial charge in [0, 0.05) is 7.05 Å². The second kappa shape index (κ2) is 3.91. The lowest BCUT2D eigenvalue weighted by Crippen LogP contribution is -2.08. The molecule has 1 N–H and O–H groups in total. The molecule has 0 unspecified atom stereocenters. The Morgan fingerprint density at radius 2 is 2.36 bits per heavy atom. The van der Waals surface area contributed by atoms with Crippen molar-refractivity contribution in [3.8, 4) is 0 Å². The van der Waals surface area contributed by atoms with Gasteiger partial charge in [0.2, 0.25) is 0 Å². The minimum atomic E-state index is -1.04. The van der Waals surface area contributed by atoms with Crippen LogP contribution < -0.4 is 0 Å². The van der Waals surface area contributed by atoms with E-state index in [-0.39, 0.29) is 12.1 Å². The van der Waals surface area contributed by atoms with E-state index in [1.165, 1.54) is 13.1 Å². The summed E-state index contributed by atoms with van der Waals surface area (Å²) >= 11 is 0. The SMILES string of the molecule is Cc1oc(CN(C)N=O)cc1C(=O)O. The number of carboxylic acid groups (broad SMARTS) is 1. The molecule has 14 heavy (non-hydrogen) atoms. The molecule has 76 valence electrons. The molecule has 0 aromatic carbocycles. The standard InChI is InChI=1S/C8H10N2O4/c1-5-7(8(11)12)3-6(14-5)4-10(2)9-13/h3H,4H2,1-2H3,(H,11,12). The molecule has 0 spiro atoms. The van der Waals surface area contributed by atoms with E-state index in [1.54, 1.807) is 6.92 Å². The highest BCUT2D eigenvalue weighted by atomic mass is 16.4.